The van der Waals surface area contributed by atoms with Crippen LogP contribution in [0.25, 0.3) is 0 Å². The van der Waals surface area contributed by atoms with Crippen LogP contribution in [0.2, 0.25) is 0 Å². The van der Waals surface area contributed by atoms with Gasteiger partial charge in [-0.25, -0.2) is 0 Å². The highest BCUT2D eigenvalue weighted by Gasteiger charge is 2.24. The molecule has 0 radical (unpaired) electrons. The van der Waals surface area contributed by atoms with Crippen LogP contribution in [0.4, 0.5) is 11.4 Å². The van der Waals surface area contributed by atoms with E-state index in [1.165, 1.54) is 24.1 Å². The number of hydrogen-bond donors (Lipinski definition) is 1. The van der Waals surface area contributed by atoms with E-state index in [4.69, 9.17) is 4.74 Å². The number of rotatable bonds is 2. The number of benzene rings is 2. The summed E-state index contributed by atoms with van der Waals surface area (Å²) in [6.07, 6.45) is 2.62. The Labute approximate surface area is 125 Å². The van der Waals surface area contributed by atoms with Gasteiger partial charge in [0.25, 0.3) is 0 Å². The highest BCUT2D eigenvalue weighted by Crippen LogP contribution is 2.31. The molecule has 4 rings (SSSR count). The average molecular weight is 280 g/mol. The van der Waals surface area contributed by atoms with Crippen LogP contribution in [0.15, 0.2) is 48.5 Å². The van der Waals surface area contributed by atoms with Crippen molar-refractivity contribution in [3.05, 3.63) is 54.1 Å². The third kappa shape index (κ3) is 2.44. The molecule has 2 aliphatic rings. The molecule has 2 aromatic rings. The Bertz CT molecular complexity index is 641. The van der Waals surface area contributed by atoms with Crippen molar-refractivity contribution in [2.75, 3.05) is 29.9 Å². The van der Waals surface area contributed by atoms with Gasteiger partial charge in [-0.2, -0.15) is 0 Å². The number of anilines is 2. The van der Waals surface area contributed by atoms with Gasteiger partial charge in [0, 0.05) is 12.2 Å². The van der Waals surface area contributed by atoms with E-state index >= 15 is 0 Å². The lowest BCUT2D eigenvalue weighted by Gasteiger charge is -2.36. The zero-order chi connectivity index (χ0) is 14.1. The Morgan fingerprint density at radius 1 is 1.10 bits per heavy atom. The fourth-order valence-corrected chi connectivity index (χ4v) is 3.31. The maximum absolute atomic E-state index is 6.15. The monoisotopic (exact) mass is 280 g/mol. The van der Waals surface area contributed by atoms with Crippen LogP contribution in [-0.4, -0.2) is 25.7 Å². The predicted molar refractivity (Wildman–Crippen MR) is 86.3 cm³/mol. The van der Waals surface area contributed by atoms with Crippen molar-refractivity contribution in [3.8, 4) is 5.75 Å². The van der Waals surface area contributed by atoms with Gasteiger partial charge >= 0.3 is 0 Å². The summed E-state index contributed by atoms with van der Waals surface area (Å²) in [5.41, 5.74) is 3.95. The van der Waals surface area contributed by atoms with Gasteiger partial charge in [-0.1, -0.05) is 30.3 Å². The highest BCUT2D eigenvalue weighted by atomic mass is 16.5. The van der Waals surface area contributed by atoms with Crippen LogP contribution in [0.1, 0.15) is 12.0 Å². The maximum atomic E-state index is 6.15. The Balaban J connectivity index is 1.51. The first kappa shape index (κ1) is 12.6. The second-order valence-electron chi connectivity index (χ2n) is 5.80. The van der Waals surface area contributed by atoms with Crippen molar-refractivity contribution >= 4 is 11.4 Å². The fraction of sp³-hybridized carbons (Fsp3) is 0.333. The van der Waals surface area contributed by atoms with Crippen molar-refractivity contribution in [1.82, 2.24) is 0 Å². The summed E-state index contributed by atoms with van der Waals surface area (Å²) in [5, 5.41) is 3.47. The molecule has 0 fully saturated rings. The van der Waals surface area contributed by atoms with Gasteiger partial charge in [-0.15, -0.1) is 0 Å². The molecule has 2 heterocycles. The Morgan fingerprint density at radius 3 is 2.95 bits per heavy atom. The zero-order valence-electron chi connectivity index (χ0n) is 12.1. The van der Waals surface area contributed by atoms with Crippen LogP contribution >= 0.6 is 0 Å². The molecular formula is C18H20N2O. The predicted octanol–water partition coefficient (Wildman–Crippen LogP) is 3.31. The molecule has 3 nitrogen and oxygen atoms in total. The third-order valence-electron chi connectivity index (χ3n) is 4.33. The molecule has 2 aliphatic heterocycles. The summed E-state index contributed by atoms with van der Waals surface area (Å²) >= 11 is 0. The molecule has 3 heteroatoms. The van der Waals surface area contributed by atoms with Crippen LogP contribution in [0.5, 0.6) is 5.75 Å². The number of para-hydroxylation sites is 3. The van der Waals surface area contributed by atoms with Gasteiger partial charge in [0.1, 0.15) is 11.9 Å². The van der Waals surface area contributed by atoms with E-state index in [-0.39, 0.29) is 6.10 Å². The SMILES string of the molecule is c1ccc2c(c1)CCCN2CC1CNc2ccccc2O1. The molecule has 108 valence electrons. The molecule has 0 saturated heterocycles. The van der Waals surface area contributed by atoms with Crippen LogP contribution in [0.3, 0.4) is 0 Å². The highest BCUT2D eigenvalue weighted by molar-refractivity contribution is 5.59. The lowest BCUT2D eigenvalue weighted by atomic mass is 10.0. The minimum absolute atomic E-state index is 0.200. The van der Waals surface area contributed by atoms with Crippen LogP contribution in [0, 0.1) is 0 Å². The van der Waals surface area contributed by atoms with Gasteiger partial charge < -0.3 is 15.0 Å². The third-order valence-corrected chi connectivity index (χ3v) is 4.33. The topological polar surface area (TPSA) is 24.5 Å². The number of aryl methyl sites for hydroxylation is 1. The largest absolute Gasteiger partial charge is 0.485 e. The molecular weight excluding hydrogens is 260 g/mol. The standard InChI is InChI=1S/C18H20N2O/c1-3-9-17-14(6-1)7-5-11-20(17)13-15-12-19-16-8-2-4-10-18(16)21-15/h1-4,6,8-10,15,19H,5,7,11-13H2. The Hall–Kier alpha value is -2.16. The van der Waals surface area contributed by atoms with Crippen molar-refractivity contribution < 1.29 is 4.74 Å². The number of ether oxygens (including phenoxy) is 1. The minimum Gasteiger partial charge on any atom is -0.485 e. The van der Waals surface area contributed by atoms with Crippen molar-refractivity contribution in [1.29, 1.82) is 0 Å². The maximum Gasteiger partial charge on any atom is 0.143 e. The quantitative estimate of drug-likeness (QED) is 0.913. The number of hydrogen-bond acceptors (Lipinski definition) is 3. The normalized spacial score (nSPS) is 20.0. The van der Waals surface area contributed by atoms with Gasteiger partial charge in [0.05, 0.1) is 18.8 Å². The van der Waals surface area contributed by atoms with Crippen LogP contribution < -0.4 is 15.0 Å². The summed E-state index contributed by atoms with van der Waals surface area (Å²) < 4.78 is 6.15. The molecule has 1 unspecified atom stereocenters. The smallest absolute Gasteiger partial charge is 0.143 e. The molecule has 0 bridgehead atoms. The van der Waals surface area contributed by atoms with E-state index in [2.05, 4.69) is 40.5 Å². The van der Waals surface area contributed by atoms with E-state index in [9.17, 15) is 0 Å². The van der Waals surface area contributed by atoms with E-state index < -0.39 is 0 Å². The van der Waals surface area contributed by atoms with Crippen LogP contribution in [-0.2, 0) is 6.42 Å². The lowest BCUT2D eigenvalue weighted by Crippen LogP contribution is -2.43. The summed E-state index contributed by atoms with van der Waals surface area (Å²) in [6, 6.07) is 16.9. The van der Waals surface area contributed by atoms with Crippen molar-refractivity contribution in [2.45, 2.75) is 18.9 Å². The Morgan fingerprint density at radius 2 is 1.95 bits per heavy atom. The fourth-order valence-electron chi connectivity index (χ4n) is 3.31. The van der Waals surface area contributed by atoms with E-state index in [1.54, 1.807) is 0 Å². The molecule has 21 heavy (non-hydrogen) atoms. The van der Waals surface area contributed by atoms with Gasteiger partial charge in [0.2, 0.25) is 0 Å². The first-order chi connectivity index (χ1) is 10.4. The summed E-state index contributed by atoms with van der Waals surface area (Å²) in [5.74, 6) is 0.971. The molecule has 0 aliphatic carbocycles. The van der Waals surface area contributed by atoms with E-state index in [1.807, 2.05) is 18.2 Å². The van der Waals surface area contributed by atoms with Crippen molar-refractivity contribution in [3.63, 3.8) is 0 Å². The second kappa shape index (κ2) is 5.32. The molecule has 0 aromatic heterocycles. The lowest BCUT2D eigenvalue weighted by molar-refractivity contribution is 0.210. The van der Waals surface area contributed by atoms with Gasteiger partial charge in [-0.3, -0.25) is 0 Å². The molecule has 2 aromatic carbocycles. The number of fused-ring (bicyclic) bond motifs is 2. The zero-order valence-corrected chi connectivity index (χ0v) is 12.1. The number of nitrogens with one attached hydrogen (secondary N) is 1. The molecule has 0 spiro atoms. The Kier molecular flexibility index (Phi) is 3.18. The van der Waals surface area contributed by atoms with E-state index in [0.717, 1.165) is 31.1 Å². The van der Waals surface area contributed by atoms with Crippen molar-refractivity contribution in [2.24, 2.45) is 0 Å². The summed E-state index contributed by atoms with van der Waals surface area (Å²) in [6.45, 7) is 2.94. The molecule has 0 saturated carbocycles. The molecule has 1 N–H and O–H groups in total. The molecule has 0 amide bonds. The summed E-state index contributed by atoms with van der Waals surface area (Å²) in [7, 11) is 0. The summed E-state index contributed by atoms with van der Waals surface area (Å²) in [4.78, 5) is 2.47. The average Bonchev–Trinajstić information content (AvgIpc) is 2.55. The molecule has 1 atom stereocenters. The second-order valence-corrected chi connectivity index (χ2v) is 5.80. The van der Waals surface area contributed by atoms with E-state index in [0.29, 0.717) is 0 Å². The minimum atomic E-state index is 0.200. The van der Waals surface area contributed by atoms with Gasteiger partial charge in [0.15, 0.2) is 0 Å². The first-order valence-corrected chi connectivity index (χ1v) is 7.72. The van der Waals surface area contributed by atoms with Gasteiger partial charge in [-0.05, 0) is 36.6 Å². The first-order valence-electron chi connectivity index (χ1n) is 7.72. The number of nitrogens with zero attached hydrogens (tertiary/aromatic N) is 1.